The normalized spacial score (nSPS) is 10.3. The third-order valence-corrected chi connectivity index (χ3v) is 4.22. The third-order valence-electron chi connectivity index (χ3n) is 2.75. The van der Waals surface area contributed by atoms with Crippen LogP contribution in [0.3, 0.4) is 0 Å². The molecule has 1 aromatic heterocycles. The Morgan fingerprint density at radius 1 is 1.23 bits per heavy atom. The molecular weight excluding hydrogens is 345 g/mol. The first-order valence-corrected chi connectivity index (χ1v) is 8.07. The van der Waals surface area contributed by atoms with Crippen molar-refractivity contribution in [2.45, 2.75) is 13.0 Å². The van der Waals surface area contributed by atoms with Gasteiger partial charge < -0.3 is 10.1 Å². The Kier molecular flexibility index (Phi) is 6.24. The predicted octanol–water partition coefficient (Wildman–Crippen LogP) is 3.46. The summed E-state index contributed by atoms with van der Waals surface area (Å²) in [5, 5.41) is 5.49. The summed E-state index contributed by atoms with van der Waals surface area (Å²) in [5.41, 5.74) is 0.607. The van der Waals surface area contributed by atoms with Crippen molar-refractivity contribution in [1.29, 1.82) is 0 Å². The van der Waals surface area contributed by atoms with Gasteiger partial charge in [0.1, 0.15) is 0 Å². The lowest BCUT2D eigenvalue weighted by molar-refractivity contribution is -0.147. The van der Waals surface area contributed by atoms with Crippen molar-refractivity contribution in [3.8, 4) is 0 Å². The van der Waals surface area contributed by atoms with Gasteiger partial charge >= 0.3 is 5.97 Å². The van der Waals surface area contributed by atoms with E-state index in [1.165, 1.54) is 0 Å². The van der Waals surface area contributed by atoms with Gasteiger partial charge in [-0.1, -0.05) is 35.3 Å². The molecule has 0 aliphatic heterocycles. The lowest BCUT2D eigenvalue weighted by Gasteiger charge is -2.07. The third kappa shape index (κ3) is 5.33. The molecule has 0 unspecified atom stereocenters. The molecule has 4 nitrogen and oxygen atoms in total. The van der Waals surface area contributed by atoms with E-state index in [1.807, 2.05) is 17.5 Å². The molecule has 2 rings (SSSR count). The number of hydrogen-bond acceptors (Lipinski definition) is 4. The Morgan fingerprint density at radius 3 is 2.73 bits per heavy atom. The molecule has 1 aromatic carbocycles. The van der Waals surface area contributed by atoms with Crippen LogP contribution in [0, 0.1) is 0 Å². The standard InChI is InChI=1S/C15H13Cl2NO3S/c16-11-4-3-10(13(17)7-11)6-15(20)21-9-14(19)18-8-12-2-1-5-22-12/h1-5,7H,6,8-9H2,(H,18,19). The number of hydrogen-bond donors (Lipinski definition) is 1. The van der Waals surface area contributed by atoms with Crippen LogP contribution in [0.1, 0.15) is 10.4 Å². The van der Waals surface area contributed by atoms with Gasteiger partial charge in [-0.15, -0.1) is 11.3 Å². The Morgan fingerprint density at radius 2 is 2.05 bits per heavy atom. The minimum atomic E-state index is -0.518. The number of carbonyl (C=O) groups excluding carboxylic acids is 2. The number of nitrogens with one attached hydrogen (secondary N) is 1. The molecule has 1 N–H and O–H groups in total. The summed E-state index contributed by atoms with van der Waals surface area (Å²) >= 11 is 13.3. The number of ether oxygens (including phenoxy) is 1. The fourth-order valence-corrected chi connectivity index (χ4v) is 2.79. The van der Waals surface area contributed by atoms with Crippen LogP contribution < -0.4 is 5.32 Å². The Bertz CT molecular complexity index is 659. The zero-order chi connectivity index (χ0) is 15.9. The summed E-state index contributed by atoms with van der Waals surface area (Å²) in [4.78, 5) is 24.3. The van der Waals surface area contributed by atoms with E-state index < -0.39 is 5.97 Å². The van der Waals surface area contributed by atoms with Crippen molar-refractivity contribution < 1.29 is 14.3 Å². The summed E-state index contributed by atoms with van der Waals surface area (Å²) in [6.45, 7) is 0.118. The van der Waals surface area contributed by atoms with Gasteiger partial charge in [-0.2, -0.15) is 0 Å². The molecule has 7 heteroatoms. The van der Waals surface area contributed by atoms with Gasteiger partial charge in [0.05, 0.1) is 13.0 Å². The van der Waals surface area contributed by atoms with Gasteiger partial charge in [0.2, 0.25) is 0 Å². The molecule has 0 aliphatic carbocycles. The molecule has 1 amide bonds. The van der Waals surface area contributed by atoms with Crippen LogP contribution in [-0.4, -0.2) is 18.5 Å². The van der Waals surface area contributed by atoms with Crippen molar-refractivity contribution in [3.63, 3.8) is 0 Å². The molecular formula is C15H13Cl2NO3S. The largest absolute Gasteiger partial charge is 0.455 e. The lowest BCUT2D eigenvalue weighted by Crippen LogP contribution is -2.28. The highest BCUT2D eigenvalue weighted by Crippen LogP contribution is 2.21. The maximum Gasteiger partial charge on any atom is 0.310 e. The minimum Gasteiger partial charge on any atom is -0.455 e. The van der Waals surface area contributed by atoms with Crippen LogP contribution in [0.4, 0.5) is 0 Å². The van der Waals surface area contributed by atoms with E-state index in [9.17, 15) is 9.59 Å². The molecule has 0 bridgehead atoms. The van der Waals surface area contributed by atoms with Crippen LogP contribution in [0.5, 0.6) is 0 Å². The van der Waals surface area contributed by atoms with Gasteiger partial charge in [-0.3, -0.25) is 9.59 Å². The van der Waals surface area contributed by atoms with Crippen molar-refractivity contribution in [1.82, 2.24) is 5.32 Å². The number of rotatable bonds is 6. The zero-order valence-electron chi connectivity index (χ0n) is 11.5. The predicted molar refractivity (Wildman–Crippen MR) is 87.3 cm³/mol. The highest BCUT2D eigenvalue weighted by atomic mass is 35.5. The number of amides is 1. The van der Waals surface area contributed by atoms with E-state index in [4.69, 9.17) is 27.9 Å². The quantitative estimate of drug-likeness (QED) is 0.805. The maximum absolute atomic E-state index is 11.7. The zero-order valence-corrected chi connectivity index (χ0v) is 13.8. The number of thiophene rings is 1. The van der Waals surface area contributed by atoms with E-state index in [2.05, 4.69) is 5.32 Å². The van der Waals surface area contributed by atoms with Crippen LogP contribution in [0.25, 0.3) is 0 Å². The van der Waals surface area contributed by atoms with Gasteiger partial charge in [0, 0.05) is 14.9 Å². The van der Waals surface area contributed by atoms with Crippen LogP contribution >= 0.6 is 34.5 Å². The average Bonchev–Trinajstić information content (AvgIpc) is 2.99. The van der Waals surface area contributed by atoms with Gasteiger partial charge in [0.25, 0.3) is 5.91 Å². The first-order chi connectivity index (χ1) is 10.5. The Labute approximate surface area is 142 Å². The van der Waals surface area contributed by atoms with Crippen LogP contribution in [0.15, 0.2) is 35.7 Å². The minimum absolute atomic E-state index is 0.00575. The second kappa shape index (κ2) is 8.17. The summed E-state index contributed by atoms with van der Waals surface area (Å²) < 4.78 is 4.92. The average molecular weight is 358 g/mol. The summed E-state index contributed by atoms with van der Waals surface area (Å²) in [7, 11) is 0. The molecule has 0 aliphatic rings. The number of esters is 1. The van der Waals surface area contributed by atoms with Gasteiger partial charge in [0.15, 0.2) is 6.61 Å². The molecule has 1 heterocycles. The Hall–Kier alpha value is -1.56. The monoisotopic (exact) mass is 357 g/mol. The summed E-state index contributed by atoms with van der Waals surface area (Å²) in [5.74, 6) is -0.862. The SMILES string of the molecule is O=C(COC(=O)Cc1ccc(Cl)cc1Cl)NCc1cccs1. The molecule has 22 heavy (non-hydrogen) atoms. The van der Waals surface area contributed by atoms with E-state index in [-0.39, 0.29) is 18.9 Å². The number of benzene rings is 1. The van der Waals surface area contributed by atoms with E-state index >= 15 is 0 Å². The molecule has 2 aromatic rings. The molecule has 0 radical (unpaired) electrons. The second-order valence-electron chi connectivity index (χ2n) is 4.43. The van der Waals surface area contributed by atoms with Crippen molar-refractivity contribution in [2.75, 3.05) is 6.61 Å². The first-order valence-electron chi connectivity index (χ1n) is 6.43. The summed E-state index contributed by atoms with van der Waals surface area (Å²) in [6, 6.07) is 8.67. The van der Waals surface area contributed by atoms with Crippen molar-refractivity contribution in [3.05, 3.63) is 56.2 Å². The molecule has 0 saturated heterocycles. The molecule has 0 atom stereocenters. The molecule has 0 fully saturated rings. The maximum atomic E-state index is 11.7. The second-order valence-corrected chi connectivity index (χ2v) is 6.31. The van der Waals surface area contributed by atoms with E-state index in [0.29, 0.717) is 22.2 Å². The van der Waals surface area contributed by atoms with E-state index in [0.717, 1.165) is 4.88 Å². The highest BCUT2D eigenvalue weighted by Gasteiger charge is 2.11. The van der Waals surface area contributed by atoms with Crippen LogP contribution in [0.2, 0.25) is 10.0 Å². The number of halogens is 2. The number of carbonyl (C=O) groups is 2. The van der Waals surface area contributed by atoms with Crippen molar-refractivity contribution >= 4 is 46.4 Å². The lowest BCUT2D eigenvalue weighted by atomic mass is 10.1. The van der Waals surface area contributed by atoms with E-state index in [1.54, 1.807) is 29.5 Å². The highest BCUT2D eigenvalue weighted by molar-refractivity contribution is 7.09. The smallest absolute Gasteiger partial charge is 0.310 e. The van der Waals surface area contributed by atoms with Gasteiger partial charge in [-0.25, -0.2) is 0 Å². The van der Waals surface area contributed by atoms with Gasteiger partial charge in [-0.05, 0) is 29.1 Å². The topological polar surface area (TPSA) is 55.4 Å². The van der Waals surface area contributed by atoms with Crippen LogP contribution in [-0.2, 0) is 27.3 Å². The first kappa shape index (κ1) is 16.8. The summed E-state index contributed by atoms with van der Waals surface area (Å²) in [6.07, 6.45) is -0.00575. The Balaban J connectivity index is 1.74. The molecule has 116 valence electrons. The molecule has 0 spiro atoms. The molecule has 0 saturated carbocycles. The van der Waals surface area contributed by atoms with Crippen molar-refractivity contribution in [2.24, 2.45) is 0 Å². The fraction of sp³-hybridized carbons (Fsp3) is 0.200. The fourth-order valence-electron chi connectivity index (χ4n) is 1.67.